The van der Waals surface area contributed by atoms with Crippen LogP contribution in [0, 0.1) is 0 Å². The van der Waals surface area contributed by atoms with Crippen molar-refractivity contribution in [3.05, 3.63) is 47.5 Å². The summed E-state index contributed by atoms with van der Waals surface area (Å²) in [7, 11) is 0. The highest BCUT2D eigenvalue weighted by molar-refractivity contribution is 5.88. The van der Waals surface area contributed by atoms with E-state index in [4.69, 9.17) is 9.47 Å². The Bertz CT molecular complexity index is 451. The Balaban J connectivity index is 2.60. The predicted molar refractivity (Wildman–Crippen MR) is 77.8 cm³/mol. The predicted octanol–water partition coefficient (Wildman–Crippen LogP) is 2.84. The smallest absolute Gasteiger partial charge is 0.330 e. The molecule has 0 saturated heterocycles. The first-order chi connectivity index (χ1) is 9.65. The van der Waals surface area contributed by atoms with Crippen LogP contribution in [0.5, 0.6) is 0 Å². The van der Waals surface area contributed by atoms with Crippen molar-refractivity contribution in [2.24, 2.45) is 0 Å². The number of hydrogen-bond acceptors (Lipinski definition) is 4. The Kier molecular flexibility index (Phi) is 6.82. The maximum absolute atomic E-state index is 11.2. The molecular weight excluding hydrogens is 256 g/mol. The van der Waals surface area contributed by atoms with E-state index in [2.05, 4.69) is 0 Å². The van der Waals surface area contributed by atoms with Crippen molar-refractivity contribution in [3.8, 4) is 0 Å². The quantitative estimate of drug-likeness (QED) is 0.591. The van der Waals surface area contributed by atoms with Gasteiger partial charge in [0.1, 0.15) is 0 Å². The Labute approximate surface area is 118 Å². The second-order valence-corrected chi connectivity index (χ2v) is 3.84. The summed E-state index contributed by atoms with van der Waals surface area (Å²) >= 11 is 0. The zero-order valence-corrected chi connectivity index (χ0v) is 11.7. The van der Waals surface area contributed by atoms with Gasteiger partial charge in [-0.15, -0.1) is 0 Å². The number of carbonyl (C=O) groups excluding carboxylic acids is 2. The van der Waals surface area contributed by atoms with Gasteiger partial charge in [-0.1, -0.05) is 24.3 Å². The van der Waals surface area contributed by atoms with Crippen molar-refractivity contribution < 1.29 is 19.1 Å². The molecule has 0 N–H and O–H groups in total. The van der Waals surface area contributed by atoms with Gasteiger partial charge in [0.2, 0.25) is 0 Å². The average molecular weight is 274 g/mol. The van der Waals surface area contributed by atoms with Crippen LogP contribution in [0.15, 0.2) is 36.4 Å². The number of esters is 2. The van der Waals surface area contributed by atoms with Crippen molar-refractivity contribution in [2.45, 2.75) is 13.8 Å². The van der Waals surface area contributed by atoms with Gasteiger partial charge in [0.25, 0.3) is 0 Å². The summed E-state index contributed by atoms with van der Waals surface area (Å²) in [6.45, 7) is 4.24. The molecule has 0 bridgehead atoms. The Morgan fingerprint density at radius 3 is 1.50 bits per heavy atom. The summed E-state index contributed by atoms with van der Waals surface area (Å²) in [6.07, 6.45) is 6.12. The minimum absolute atomic E-state index is 0.362. The molecule has 106 valence electrons. The molecule has 0 atom stereocenters. The molecule has 0 aliphatic carbocycles. The second-order valence-electron chi connectivity index (χ2n) is 3.84. The molecule has 0 aromatic heterocycles. The summed E-state index contributed by atoms with van der Waals surface area (Å²) in [6, 6.07) is 7.39. The summed E-state index contributed by atoms with van der Waals surface area (Å²) in [5, 5.41) is 0. The van der Waals surface area contributed by atoms with E-state index in [-0.39, 0.29) is 11.9 Å². The highest BCUT2D eigenvalue weighted by atomic mass is 16.5. The topological polar surface area (TPSA) is 52.6 Å². The second kappa shape index (κ2) is 8.69. The minimum Gasteiger partial charge on any atom is -0.463 e. The lowest BCUT2D eigenvalue weighted by Crippen LogP contribution is -1.98. The van der Waals surface area contributed by atoms with Gasteiger partial charge in [0, 0.05) is 12.2 Å². The highest BCUT2D eigenvalue weighted by Gasteiger charge is 1.96. The number of rotatable bonds is 6. The van der Waals surface area contributed by atoms with Crippen molar-refractivity contribution in [3.63, 3.8) is 0 Å². The van der Waals surface area contributed by atoms with Gasteiger partial charge in [-0.2, -0.15) is 0 Å². The molecule has 1 aromatic rings. The molecular formula is C16H18O4. The molecule has 0 radical (unpaired) electrons. The molecule has 0 heterocycles. The fraction of sp³-hybridized carbons (Fsp3) is 0.250. The SMILES string of the molecule is CCOC(=O)/C=C/c1ccc(/C=C/C(=O)OCC)cc1. The third kappa shape index (κ3) is 6.00. The minimum atomic E-state index is -0.362. The lowest BCUT2D eigenvalue weighted by atomic mass is 10.1. The van der Waals surface area contributed by atoms with Gasteiger partial charge in [0.05, 0.1) is 13.2 Å². The van der Waals surface area contributed by atoms with E-state index in [1.165, 1.54) is 12.2 Å². The van der Waals surface area contributed by atoms with Crippen LogP contribution < -0.4 is 0 Å². The molecule has 20 heavy (non-hydrogen) atoms. The average Bonchev–Trinajstić information content (AvgIpc) is 2.45. The van der Waals surface area contributed by atoms with E-state index in [0.29, 0.717) is 13.2 Å². The van der Waals surface area contributed by atoms with Crippen LogP contribution >= 0.6 is 0 Å². The maximum Gasteiger partial charge on any atom is 0.330 e. The van der Waals surface area contributed by atoms with Gasteiger partial charge in [-0.05, 0) is 37.1 Å². The van der Waals surface area contributed by atoms with Gasteiger partial charge < -0.3 is 9.47 Å². The summed E-state index contributed by atoms with van der Waals surface area (Å²) < 4.78 is 9.57. The molecule has 0 saturated carbocycles. The van der Waals surface area contributed by atoms with Gasteiger partial charge >= 0.3 is 11.9 Å². The maximum atomic E-state index is 11.2. The van der Waals surface area contributed by atoms with E-state index in [1.54, 1.807) is 26.0 Å². The molecule has 1 aromatic carbocycles. The number of carbonyl (C=O) groups is 2. The van der Waals surface area contributed by atoms with Gasteiger partial charge in [-0.3, -0.25) is 0 Å². The number of benzene rings is 1. The number of hydrogen-bond donors (Lipinski definition) is 0. The third-order valence-electron chi connectivity index (χ3n) is 2.33. The zero-order chi connectivity index (χ0) is 14.8. The standard InChI is InChI=1S/C16H18O4/c1-3-19-15(17)11-9-13-5-7-14(8-6-13)10-12-16(18)20-4-2/h5-12H,3-4H2,1-2H3/b11-9+,12-10+. The fourth-order valence-corrected chi connectivity index (χ4v) is 1.43. The normalized spacial score (nSPS) is 10.9. The largest absolute Gasteiger partial charge is 0.463 e. The first-order valence-corrected chi connectivity index (χ1v) is 6.45. The lowest BCUT2D eigenvalue weighted by Gasteiger charge is -1.98. The van der Waals surface area contributed by atoms with Crippen LogP contribution in [0.3, 0.4) is 0 Å². The molecule has 0 amide bonds. The summed E-state index contributed by atoms with van der Waals surface area (Å²) in [5.41, 5.74) is 1.76. The van der Waals surface area contributed by atoms with E-state index in [9.17, 15) is 9.59 Å². The van der Waals surface area contributed by atoms with Crippen LogP contribution in [0.4, 0.5) is 0 Å². The van der Waals surface area contributed by atoms with Crippen LogP contribution in [0.25, 0.3) is 12.2 Å². The summed E-state index contributed by atoms with van der Waals surface area (Å²) in [4.78, 5) is 22.3. The van der Waals surface area contributed by atoms with E-state index < -0.39 is 0 Å². The van der Waals surface area contributed by atoms with Crippen LogP contribution in [0.2, 0.25) is 0 Å². The number of ether oxygens (including phenoxy) is 2. The lowest BCUT2D eigenvalue weighted by molar-refractivity contribution is -0.138. The van der Waals surface area contributed by atoms with Gasteiger partial charge in [0.15, 0.2) is 0 Å². The molecule has 0 aliphatic rings. The summed E-state index contributed by atoms with van der Waals surface area (Å²) in [5.74, 6) is -0.724. The molecule has 0 aliphatic heterocycles. The van der Waals surface area contributed by atoms with Crippen LogP contribution in [0.1, 0.15) is 25.0 Å². The van der Waals surface area contributed by atoms with Gasteiger partial charge in [-0.25, -0.2) is 9.59 Å². The Hall–Kier alpha value is -2.36. The van der Waals surface area contributed by atoms with Crippen LogP contribution in [-0.2, 0) is 19.1 Å². The Morgan fingerprint density at radius 1 is 0.850 bits per heavy atom. The molecule has 0 spiro atoms. The molecule has 0 fully saturated rings. The molecule has 4 nitrogen and oxygen atoms in total. The van der Waals surface area contributed by atoms with E-state index >= 15 is 0 Å². The van der Waals surface area contributed by atoms with Crippen molar-refractivity contribution in [2.75, 3.05) is 13.2 Å². The third-order valence-corrected chi connectivity index (χ3v) is 2.33. The fourth-order valence-electron chi connectivity index (χ4n) is 1.43. The zero-order valence-electron chi connectivity index (χ0n) is 11.7. The van der Waals surface area contributed by atoms with E-state index in [0.717, 1.165) is 11.1 Å². The van der Waals surface area contributed by atoms with Crippen molar-refractivity contribution >= 4 is 24.1 Å². The van der Waals surface area contributed by atoms with Crippen LogP contribution in [-0.4, -0.2) is 25.2 Å². The van der Waals surface area contributed by atoms with E-state index in [1.807, 2.05) is 24.3 Å². The molecule has 1 rings (SSSR count). The molecule has 0 unspecified atom stereocenters. The highest BCUT2D eigenvalue weighted by Crippen LogP contribution is 2.08. The molecule has 4 heteroatoms. The first kappa shape index (κ1) is 15.7. The Morgan fingerprint density at radius 2 is 1.20 bits per heavy atom. The first-order valence-electron chi connectivity index (χ1n) is 6.45. The van der Waals surface area contributed by atoms with Crippen molar-refractivity contribution in [1.29, 1.82) is 0 Å². The van der Waals surface area contributed by atoms with Crippen molar-refractivity contribution in [1.82, 2.24) is 0 Å². The monoisotopic (exact) mass is 274 g/mol.